The Balaban J connectivity index is 1.79. The highest BCUT2D eigenvalue weighted by atomic mass is 16.5. The molecular formula is C15H21N5O2. The number of hydrogen-bond acceptors (Lipinski definition) is 7. The lowest BCUT2D eigenvalue weighted by molar-refractivity contribution is 0.210. The molecule has 0 unspecified atom stereocenters. The summed E-state index contributed by atoms with van der Waals surface area (Å²) in [5.74, 6) is 2.05. The lowest BCUT2D eigenvalue weighted by Crippen LogP contribution is -2.13. The van der Waals surface area contributed by atoms with Gasteiger partial charge in [-0.25, -0.2) is 0 Å². The van der Waals surface area contributed by atoms with Crippen molar-refractivity contribution in [3.05, 3.63) is 36.0 Å². The second-order valence-electron chi connectivity index (χ2n) is 4.61. The predicted octanol–water partition coefficient (Wildman–Crippen LogP) is 1.59. The Morgan fingerprint density at radius 1 is 1.05 bits per heavy atom. The van der Waals surface area contributed by atoms with E-state index in [9.17, 15) is 0 Å². The number of ether oxygens (including phenoxy) is 2. The fourth-order valence-electron chi connectivity index (χ4n) is 1.86. The molecule has 0 spiro atoms. The molecule has 7 nitrogen and oxygen atoms in total. The number of methoxy groups -OCH3 is 2. The normalized spacial score (nSPS) is 10.3. The number of anilines is 2. The molecule has 1 heterocycles. The van der Waals surface area contributed by atoms with E-state index in [0.29, 0.717) is 24.9 Å². The Morgan fingerprint density at radius 3 is 2.59 bits per heavy atom. The van der Waals surface area contributed by atoms with Gasteiger partial charge in [0.1, 0.15) is 5.75 Å². The number of hydrogen-bond donors (Lipinski definition) is 2. The predicted molar refractivity (Wildman–Crippen MR) is 85.4 cm³/mol. The standard InChI is InChI=1S/C15H21N5O2/c1-21-10-9-17-15-19-14(11-18-20-15)16-8-7-12-3-5-13(22-2)6-4-12/h3-6,11H,7-10H2,1-2H3,(H2,16,17,19,20). The zero-order valence-corrected chi connectivity index (χ0v) is 12.9. The van der Waals surface area contributed by atoms with Crippen molar-refractivity contribution in [3.8, 4) is 5.75 Å². The Kier molecular flexibility index (Phi) is 6.38. The van der Waals surface area contributed by atoms with Gasteiger partial charge in [-0.2, -0.15) is 10.1 Å². The second kappa shape index (κ2) is 8.78. The molecule has 2 N–H and O–H groups in total. The fraction of sp³-hybridized carbons (Fsp3) is 0.400. The van der Waals surface area contributed by atoms with Crippen molar-refractivity contribution in [2.75, 3.05) is 44.5 Å². The largest absolute Gasteiger partial charge is 0.497 e. The van der Waals surface area contributed by atoms with Gasteiger partial charge in [0.25, 0.3) is 0 Å². The van der Waals surface area contributed by atoms with E-state index in [1.165, 1.54) is 5.56 Å². The summed E-state index contributed by atoms with van der Waals surface area (Å²) in [6, 6.07) is 8.02. The minimum absolute atomic E-state index is 0.492. The van der Waals surface area contributed by atoms with Crippen molar-refractivity contribution >= 4 is 11.8 Å². The highest BCUT2D eigenvalue weighted by molar-refractivity contribution is 5.37. The van der Waals surface area contributed by atoms with E-state index in [-0.39, 0.29) is 0 Å². The Bertz CT molecular complexity index is 562. The smallest absolute Gasteiger partial charge is 0.244 e. The van der Waals surface area contributed by atoms with Crippen LogP contribution in [0.5, 0.6) is 5.75 Å². The second-order valence-corrected chi connectivity index (χ2v) is 4.61. The molecule has 0 bridgehead atoms. The van der Waals surface area contributed by atoms with E-state index >= 15 is 0 Å². The van der Waals surface area contributed by atoms with Crippen LogP contribution in [0.25, 0.3) is 0 Å². The summed E-state index contributed by atoms with van der Waals surface area (Å²) in [4.78, 5) is 4.33. The summed E-state index contributed by atoms with van der Waals surface area (Å²) in [5.41, 5.74) is 1.23. The van der Waals surface area contributed by atoms with Crippen LogP contribution in [-0.4, -0.2) is 49.1 Å². The third-order valence-corrected chi connectivity index (χ3v) is 3.03. The molecule has 0 saturated heterocycles. The molecule has 1 aromatic heterocycles. The molecule has 0 fully saturated rings. The van der Waals surface area contributed by atoms with Crippen molar-refractivity contribution in [1.82, 2.24) is 15.2 Å². The Labute approximate surface area is 130 Å². The van der Waals surface area contributed by atoms with Gasteiger partial charge in [-0.3, -0.25) is 0 Å². The molecule has 0 aliphatic carbocycles. The van der Waals surface area contributed by atoms with Gasteiger partial charge >= 0.3 is 0 Å². The monoisotopic (exact) mass is 303 g/mol. The van der Waals surface area contributed by atoms with Gasteiger partial charge in [0.05, 0.1) is 19.9 Å². The zero-order valence-electron chi connectivity index (χ0n) is 12.9. The molecule has 0 saturated carbocycles. The van der Waals surface area contributed by atoms with Gasteiger partial charge in [0.15, 0.2) is 5.82 Å². The van der Waals surface area contributed by atoms with Gasteiger partial charge in [0, 0.05) is 20.2 Å². The minimum atomic E-state index is 0.492. The fourth-order valence-corrected chi connectivity index (χ4v) is 1.86. The summed E-state index contributed by atoms with van der Waals surface area (Å²) >= 11 is 0. The molecule has 2 rings (SSSR count). The van der Waals surface area contributed by atoms with Gasteiger partial charge in [-0.1, -0.05) is 12.1 Å². The summed E-state index contributed by atoms with van der Waals surface area (Å²) < 4.78 is 10.1. The maximum atomic E-state index is 5.14. The summed E-state index contributed by atoms with van der Waals surface area (Å²) in [6.45, 7) is 2.01. The van der Waals surface area contributed by atoms with Crippen LogP contribution in [0.3, 0.4) is 0 Å². The number of aromatic nitrogens is 3. The number of nitrogens with one attached hydrogen (secondary N) is 2. The first-order chi connectivity index (χ1) is 10.8. The first-order valence-electron chi connectivity index (χ1n) is 7.11. The summed E-state index contributed by atoms with van der Waals surface area (Å²) in [7, 11) is 3.31. The molecule has 22 heavy (non-hydrogen) atoms. The average Bonchev–Trinajstić information content (AvgIpc) is 2.56. The SMILES string of the molecule is COCCNc1nncc(NCCc2ccc(OC)cc2)n1. The Morgan fingerprint density at radius 2 is 1.86 bits per heavy atom. The van der Waals surface area contributed by atoms with Crippen molar-refractivity contribution in [2.45, 2.75) is 6.42 Å². The van der Waals surface area contributed by atoms with E-state index in [2.05, 4.69) is 37.9 Å². The topological polar surface area (TPSA) is 81.2 Å². The lowest BCUT2D eigenvalue weighted by Gasteiger charge is -2.08. The molecule has 0 aliphatic heterocycles. The van der Waals surface area contributed by atoms with E-state index in [1.807, 2.05) is 12.1 Å². The van der Waals surface area contributed by atoms with Crippen LogP contribution in [0.1, 0.15) is 5.56 Å². The van der Waals surface area contributed by atoms with E-state index in [1.54, 1.807) is 20.4 Å². The highest BCUT2D eigenvalue weighted by Crippen LogP contribution is 2.12. The van der Waals surface area contributed by atoms with E-state index in [0.717, 1.165) is 18.7 Å². The van der Waals surface area contributed by atoms with Crippen LogP contribution in [0.4, 0.5) is 11.8 Å². The molecule has 1 aromatic carbocycles. The van der Waals surface area contributed by atoms with Gasteiger partial charge in [-0.15, -0.1) is 5.10 Å². The third-order valence-electron chi connectivity index (χ3n) is 3.03. The molecule has 7 heteroatoms. The summed E-state index contributed by atoms with van der Waals surface area (Å²) in [6.07, 6.45) is 2.50. The number of rotatable bonds is 9. The zero-order chi connectivity index (χ0) is 15.6. The van der Waals surface area contributed by atoms with E-state index in [4.69, 9.17) is 9.47 Å². The van der Waals surface area contributed by atoms with Crippen molar-refractivity contribution < 1.29 is 9.47 Å². The van der Waals surface area contributed by atoms with Crippen LogP contribution in [0.15, 0.2) is 30.5 Å². The van der Waals surface area contributed by atoms with Crippen LogP contribution >= 0.6 is 0 Å². The average molecular weight is 303 g/mol. The van der Waals surface area contributed by atoms with E-state index < -0.39 is 0 Å². The number of benzene rings is 1. The van der Waals surface area contributed by atoms with Crippen molar-refractivity contribution in [3.63, 3.8) is 0 Å². The van der Waals surface area contributed by atoms with Gasteiger partial charge in [0.2, 0.25) is 5.95 Å². The molecule has 0 amide bonds. The van der Waals surface area contributed by atoms with Crippen molar-refractivity contribution in [2.24, 2.45) is 0 Å². The summed E-state index contributed by atoms with van der Waals surface area (Å²) in [5, 5.41) is 14.1. The van der Waals surface area contributed by atoms with Crippen molar-refractivity contribution in [1.29, 1.82) is 0 Å². The molecule has 0 aliphatic rings. The first kappa shape index (κ1) is 16.0. The van der Waals surface area contributed by atoms with Crippen LogP contribution in [0.2, 0.25) is 0 Å². The first-order valence-corrected chi connectivity index (χ1v) is 7.11. The maximum absolute atomic E-state index is 5.14. The molecular weight excluding hydrogens is 282 g/mol. The van der Waals surface area contributed by atoms with Gasteiger partial charge in [-0.05, 0) is 24.1 Å². The number of nitrogens with zero attached hydrogens (tertiary/aromatic N) is 3. The highest BCUT2D eigenvalue weighted by Gasteiger charge is 2.00. The molecule has 118 valence electrons. The Hall–Kier alpha value is -2.41. The maximum Gasteiger partial charge on any atom is 0.244 e. The van der Waals surface area contributed by atoms with Gasteiger partial charge < -0.3 is 20.1 Å². The van der Waals surface area contributed by atoms with Crippen LogP contribution in [-0.2, 0) is 11.2 Å². The van der Waals surface area contributed by atoms with Crippen LogP contribution < -0.4 is 15.4 Å². The molecule has 0 atom stereocenters. The third kappa shape index (κ3) is 5.17. The molecule has 0 radical (unpaired) electrons. The molecule has 2 aromatic rings. The minimum Gasteiger partial charge on any atom is -0.497 e. The lowest BCUT2D eigenvalue weighted by atomic mass is 10.1. The quantitative estimate of drug-likeness (QED) is 0.681. The van der Waals surface area contributed by atoms with Crippen LogP contribution in [0, 0.1) is 0 Å².